The van der Waals surface area contributed by atoms with Crippen LogP contribution < -0.4 is 5.32 Å². The summed E-state index contributed by atoms with van der Waals surface area (Å²) >= 11 is 0. The number of pyridine rings is 1. The van der Waals surface area contributed by atoms with E-state index >= 15 is 0 Å². The number of nitrogens with one attached hydrogen (secondary N) is 1. The molecule has 1 aliphatic carbocycles. The maximum Gasteiger partial charge on any atom is 0.270 e. The number of nitrogens with zero attached hydrogens (tertiary/aromatic N) is 3. The van der Waals surface area contributed by atoms with Crippen LogP contribution in [0.3, 0.4) is 0 Å². The lowest BCUT2D eigenvalue weighted by molar-refractivity contribution is 0.0943. The van der Waals surface area contributed by atoms with Crippen LogP contribution in [0.1, 0.15) is 23.3 Å². The van der Waals surface area contributed by atoms with Crippen molar-refractivity contribution >= 4 is 11.4 Å². The van der Waals surface area contributed by atoms with Gasteiger partial charge in [-0.3, -0.25) is 4.79 Å². The molecule has 0 saturated heterocycles. The number of rotatable bonds is 3. The second-order valence-corrected chi connectivity index (χ2v) is 5.06. The number of carbonyl (C=O) groups is 1. The maximum atomic E-state index is 12.2. The zero-order valence-corrected chi connectivity index (χ0v) is 10.9. The Morgan fingerprint density at radius 3 is 2.95 bits per heavy atom. The van der Waals surface area contributed by atoms with Crippen LogP contribution in [0.25, 0.3) is 11.3 Å². The number of carbonyl (C=O) groups excluding carboxylic acids is 1. The van der Waals surface area contributed by atoms with Crippen LogP contribution in [-0.2, 0) is 0 Å². The minimum Gasteiger partial charge on any atom is -0.348 e. The molecular weight excluding hydrogens is 252 g/mol. The largest absolute Gasteiger partial charge is 0.348 e. The first-order valence-corrected chi connectivity index (χ1v) is 6.74. The fraction of sp³-hybridized carbons (Fsp3) is 0.200. The predicted molar refractivity (Wildman–Crippen MR) is 75.0 cm³/mol. The maximum absolute atomic E-state index is 12.2. The molecule has 1 aliphatic rings. The highest BCUT2D eigenvalue weighted by atomic mass is 16.2. The number of hydrogen-bond acceptors (Lipinski definition) is 2. The highest BCUT2D eigenvalue weighted by Gasteiger charge is 2.25. The molecular formula is C15H14N4O. The topological polar surface area (TPSA) is 51.3 Å². The Labute approximate surface area is 115 Å². The quantitative estimate of drug-likeness (QED) is 0.788. The van der Waals surface area contributed by atoms with Crippen molar-refractivity contribution in [3.05, 3.63) is 54.5 Å². The Balaban J connectivity index is 1.78. The highest BCUT2D eigenvalue weighted by Crippen LogP contribution is 2.20. The summed E-state index contributed by atoms with van der Waals surface area (Å²) in [6, 6.07) is 12.1. The van der Waals surface area contributed by atoms with Crippen molar-refractivity contribution in [2.75, 3.05) is 0 Å². The minimum absolute atomic E-state index is 0.0594. The fourth-order valence-electron chi connectivity index (χ4n) is 2.36. The number of amides is 1. The molecule has 0 spiro atoms. The summed E-state index contributed by atoms with van der Waals surface area (Å²) in [7, 11) is 0. The van der Waals surface area contributed by atoms with E-state index in [9.17, 15) is 4.79 Å². The van der Waals surface area contributed by atoms with Crippen LogP contribution in [0, 0.1) is 0 Å². The molecule has 1 N–H and O–H groups in total. The van der Waals surface area contributed by atoms with Crippen LogP contribution in [0.15, 0.2) is 48.8 Å². The van der Waals surface area contributed by atoms with Crippen LogP contribution in [0.5, 0.6) is 0 Å². The van der Waals surface area contributed by atoms with Gasteiger partial charge in [-0.2, -0.15) is 5.10 Å². The van der Waals surface area contributed by atoms with E-state index < -0.39 is 0 Å². The molecule has 3 aromatic heterocycles. The van der Waals surface area contributed by atoms with E-state index in [0.29, 0.717) is 11.7 Å². The van der Waals surface area contributed by atoms with Gasteiger partial charge in [0.1, 0.15) is 11.5 Å². The van der Waals surface area contributed by atoms with Gasteiger partial charge in [0.2, 0.25) is 0 Å². The molecule has 0 atom stereocenters. The Morgan fingerprint density at radius 2 is 2.10 bits per heavy atom. The van der Waals surface area contributed by atoms with Crippen LogP contribution in [0.2, 0.25) is 0 Å². The van der Waals surface area contributed by atoms with E-state index in [4.69, 9.17) is 0 Å². The lowest BCUT2D eigenvalue weighted by atomic mass is 10.4. The summed E-state index contributed by atoms with van der Waals surface area (Å²) in [5.74, 6) is 0.808. The molecule has 0 aliphatic heterocycles. The summed E-state index contributed by atoms with van der Waals surface area (Å²) in [6.07, 6.45) is 5.78. The molecule has 0 aromatic carbocycles. The van der Waals surface area contributed by atoms with Gasteiger partial charge in [0.25, 0.3) is 5.91 Å². The average Bonchev–Trinajstić information content (AvgIpc) is 3.01. The van der Waals surface area contributed by atoms with E-state index in [2.05, 4.69) is 10.4 Å². The van der Waals surface area contributed by atoms with Crippen LogP contribution in [0.4, 0.5) is 0 Å². The predicted octanol–water partition coefficient (Wildman–Crippen LogP) is 2.02. The molecule has 100 valence electrons. The van der Waals surface area contributed by atoms with E-state index in [1.54, 1.807) is 16.9 Å². The summed E-state index contributed by atoms with van der Waals surface area (Å²) in [4.78, 5) is 12.2. The lowest BCUT2D eigenvalue weighted by Gasteiger charge is -2.08. The van der Waals surface area contributed by atoms with Crippen molar-refractivity contribution in [3.63, 3.8) is 0 Å². The summed E-state index contributed by atoms with van der Waals surface area (Å²) in [5, 5.41) is 7.29. The number of fused-ring (bicyclic) bond motifs is 1. The Bertz CT molecular complexity index is 782. The monoisotopic (exact) mass is 266 g/mol. The van der Waals surface area contributed by atoms with E-state index in [1.807, 2.05) is 40.9 Å². The molecule has 3 heterocycles. The molecule has 1 fully saturated rings. The van der Waals surface area contributed by atoms with Crippen molar-refractivity contribution in [1.82, 2.24) is 19.5 Å². The standard InChI is InChI=1S/C15H14N4O/c20-15(17-11-4-5-11)13-8-9-16-19(13)14-7-6-12-3-1-2-10-18(12)14/h1-3,6-11H,4-5H2,(H,17,20). The second kappa shape index (κ2) is 4.23. The molecule has 5 heteroatoms. The van der Waals surface area contributed by atoms with Gasteiger partial charge in [-0.15, -0.1) is 0 Å². The molecule has 4 rings (SSSR count). The van der Waals surface area contributed by atoms with Gasteiger partial charge in [0, 0.05) is 17.8 Å². The van der Waals surface area contributed by atoms with Crippen molar-refractivity contribution in [2.24, 2.45) is 0 Å². The Hall–Kier alpha value is -2.56. The van der Waals surface area contributed by atoms with Gasteiger partial charge in [-0.1, -0.05) is 6.07 Å². The molecule has 5 nitrogen and oxygen atoms in total. The zero-order valence-electron chi connectivity index (χ0n) is 10.9. The normalized spacial score (nSPS) is 14.6. The van der Waals surface area contributed by atoms with E-state index in [1.165, 1.54) is 0 Å². The van der Waals surface area contributed by atoms with Crippen molar-refractivity contribution in [3.8, 4) is 5.82 Å². The molecule has 3 aromatic rings. The minimum atomic E-state index is -0.0594. The third-order valence-electron chi connectivity index (χ3n) is 3.55. The highest BCUT2D eigenvalue weighted by molar-refractivity contribution is 5.93. The third kappa shape index (κ3) is 1.79. The SMILES string of the molecule is O=C(NC1CC1)c1ccnn1-c1ccc2ccccn12. The van der Waals surface area contributed by atoms with Crippen LogP contribution in [-0.4, -0.2) is 26.1 Å². The zero-order chi connectivity index (χ0) is 13.5. The van der Waals surface area contributed by atoms with E-state index in [-0.39, 0.29) is 5.91 Å². The third-order valence-corrected chi connectivity index (χ3v) is 3.55. The Kier molecular flexibility index (Phi) is 2.39. The summed E-state index contributed by atoms with van der Waals surface area (Å²) in [6.45, 7) is 0. The number of hydrogen-bond donors (Lipinski definition) is 1. The van der Waals surface area contributed by atoms with Gasteiger partial charge in [-0.05, 0) is 43.2 Å². The molecule has 20 heavy (non-hydrogen) atoms. The first-order chi connectivity index (χ1) is 9.83. The van der Waals surface area contributed by atoms with Crippen molar-refractivity contribution < 1.29 is 4.79 Å². The smallest absolute Gasteiger partial charge is 0.270 e. The van der Waals surface area contributed by atoms with Gasteiger partial charge >= 0.3 is 0 Å². The average molecular weight is 266 g/mol. The molecule has 1 amide bonds. The van der Waals surface area contributed by atoms with Gasteiger partial charge in [0.05, 0.1) is 6.20 Å². The molecule has 0 radical (unpaired) electrons. The van der Waals surface area contributed by atoms with Gasteiger partial charge in [0.15, 0.2) is 0 Å². The molecule has 1 saturated carbocycles. The van der Waals surface area contributed by atoms with Crippen molar-refractivity contribution in [2.45, 2.75) is 18.9 Å². The molecule has 0 bridgehead atoms. The lowest BCUT2D eigenvalue weighted by Crippen LogP contribution is -2.27. The van der Waals surface area contributed by atoms with E-state index in [0.717, 1.165) is 24.2 Å². The fourth-order valence-corrected chi connectivity index (χ4v) is 2.36. The van der Waals surface area contributed by atoms with Crippen LogP contribution >= 0.6 is 0 Å². The Morgan fingerprint density at radius 1 is 1.20 bits per heavy atom. The summed E-state index contributed by atoms with van der Waals surface area (Å²) in [5.41, 5.74) is 1.65. The number of aromatic nitrogens is 3. The first kappa shape index (κ1) is 11.3. The first-order valence-electron chi connectivity index (χ1n) is 6.74. The van der Waals surface area contributed by atoms with Gasteiger partial charge in [-0.25, -0.2) is 4.68 Å². The second-order valence-electron chi connectivity index (χ2n) is 5.06. The van der Waals surface area contributed by atoms with Gasteiger partial charge < -0.3 is 9.72 Å². The summed E-state index contributed by atoms with van der Waals surface area (Å²) < 4.78 is 3.70. The van der Waals surface area contributed by atoms with Crippen molar-refractivity contribution in [1.29, 1.82) is 0 Å². The molecule has 0 unspecified atom stereocenters.